The Morgan fingerprint density at radius 1 is 1.27 bits per heavy atom. The zero-order chi connectivity index (χ0) is 10.8. The Hall–Kier alpha value is -1.90. The number of nitrogen functional groups attached to an aromatic ring is 1. The van der Waals surface area contributed by atoms with Gasteiger partial charge in [0, 0.05) is 23.6 Å². The van der Waals surface area contributed by atoms with Crippen LogP contribution < -0.4 is 5.73 Å². The average molecular weight is 202 g/mol. The van der Waals surface area contributed by atoms with Crippen molar-refractivity contribution in [2.75, 3.05) is 5.73 Å². The van der Waals surface area contributed by atoms with E-state index in [0.717, 1.165) is 11.1 Å². The Morgan fingerprint density at radius 2 is 2.07 bits per heavy atom. The molecule has 1 aromatic carbocycles. The lowest BCUT2D eigenvalue weighted by molar-refractivity contribution is 0.619. The van der Waals surface area contributed by atoms with E-state index in [1.54, 1.807) is 37.5 Å². The van der Waals surface area contributed by atoms with Gasteiger partial charge in [-0.1, -0.05) is 6.07 Å². The normalized spacial score (nSPS) is 10.3. The second kappa shape index (κ2) is 3.69. The predicted molar refractivity (Wildman–Crippen MR) is 58.8 cm³/mol. The molecule has 2 rings (SSSR count). The lowest BCUT2D eigenvalue weighted by Crippen LogP contribution is -1.91. The summed E-state index contributed by atoms with van der Waals surface area (Å²) >= 11 is 0. The van der Waals surface area contributed by atoms with Gasteiger partial charge in [-0.2, -0.15) is 0 Å². The summed E-state index contributed by atoms with van der Waals surface area (Å²) in [5, 5.41) is 0. The fourth-order valence-corrected chi connectivity index (χ4v) is 1.46. The third-order valence-corrected chi connectivity index (χ3v) is 2.32. The zero-order valence-corrected chi connectivity index (χ0v) is 8.37. The zero-order valence-electron chi connectivity index (χ0n) is 8.37. The molecule has 2 N–H and O–H groups in total. The van der Waals surface area contributed by atoms with Crippen LogP contribution in [0.3, 0.4) is 0 Å². The summed E-state index contributed by atoms with van der Waals surface area (Å²) in [6.45, 7) is 1.73. The SMILES string of the molecule is Cc1cc(-c2cnccc2N)ccc1F. The standard InChI is InChI=1S/C12H11FN2/c1-8-6-9(2-3-11(8)13)10-7-15-5-4-12(10)14/h2-7H,1H3,(H2,14,15). The van der Waals surface area contributed by atoms with Crippen molar-refractivity contribution in [2.24, 2.45) is 0 Å². The van der Waals surface area contributed by atoms with Gasteiger partial charge in [0.2, 0.25) is 0 Å². The van der Waals surface area contributed by atoms with Crippen LogP contribution in [0.1, 0.15) is 5.56 Å². The molecule has 0 saturated carbocycles. The number of pyridine rings is 1. The molecule has 0 aliphatic carbocycles. The van der Waals surface area contributed by atoms with Crippen molar-refractivity contribution in [1.82, 2.24) is 4.98 Å². The van der Waals surface area contributed by atoms with Crippen molar-refractivity contribution in [3.05, 3.63) is 48.0 Å². The largest absolute Gasteiger partial charge is 0.398 e. The second-order valence-electron chi connectivity index (χ2n) is 3.43. The summed E-state index contributed by atoms with van der Waals surface area (Å²) < 4.78 is 13.1. The molecule has 76 valence electrons. The van der Waals surface area contributed by atoms with Crippen molar-refractivity contribution in [2.45, 2.75) is 6.92 Å². The molecule has 3 heteroatoms. The van der Waals surface area contributed by atoms with Crippen LogP contribution in [0.4, 0.5) is 10.1 Å². The highest BCUT2D eigenvalue weighted by Gasteiger charge is 2.04. The van der Waals surface area contributed by atoms with Gasteiger partial charge in [0.05, 0.1) is 0 Å². The molecule has 1 heterocycles. The first kappa shape index (κ1) is 9.65. The number of benzene rings is 1. The number of anilines is 1. The Labute approximate surface area is 87.6 Å². The van der Waals surface area contributed by atoms with E-state index in [-0.39, 0.29) is 5.82 Å². The maximum atomic E-state index is 13.1. The van der Waals surface area contributed by atoms with Gasteiger partial charge in [-0.15, -0.1) is 0 Å². The van der Waals surface area contributed by atoms with Crippen LogP contribution in [0.25, 0.3) is 11.1 Å². The van der Waals surface area contributed by atoms with Crippen LogP contribution in [0.15, 0.2) is 36.7 Å². The van der Waals surface area contributed by atoms with Crippen LogP contribution in [0, 0.1) is 12.7 Å². The first-order valence-corrected chi connectivity index (χ1v) is 4.64. The lowest BCUT2D eigenvalue weighted by Gasteiger charge is -2.06. The molecule has 1 aromatic heterocycles. The van der Waals surface area contributed by atoms with E-state index >= 15 is 0 Å². The number of aromatic nitrogens is 1. The molecule has 0 fully saturated rings. The molecule has 15 heavy (non-hydrogen) atoms. The van der Waals surface area contributed by atoms with Crippen molar-refractivity contribution in [1.29, 1.82) is 0 Å². The third-order valence-electron chi connectivity index (χ3n) is 2.32. The molecule has 0 bridgehead atoms. The summed E-state index contributed by atoms with van der Waals surface area (Å²) in [5.41, 5.74) is 8.79. The molecular formula is C12H11FN2. The summed E-state index contributed by atoms with van der Waals surface area (Å²) in [6.07, 6.45) is 3.32. The topological polar surface area (TPSA) is 38.9 Å². The highest BCUT2D eigenvalue weighted by molar-refractivity contribution is 5.75. The minimum Gasteiger partial charge on any atom is -0.398 e. The summed E-state index contributed by atoms with van der Waals surface area (Å²) in [5.74, 6) is -0.207. The Morgan fingerprint density at radius 3 is 2.73 bits per heavy atom. The van der Waals surface area contributed by atoms with E-state index in [9.17, 15) is 4.39 Å². The fourth-order valence-electron chi connectivity index (χ4n) is 1.46. The maximum Gasteiger partial charge on any atom is 0.126 e. The highest BCUT2D eigenvalue weighted by Crippen LogP contribution is 2.25. The number of hydrogen-bond donors (Lipinski definition) is 1. The Bertz CT molecular complexity index is 495. The van der Waals surface area contributed by atoms with E-state index in [1.165, 1.54) is 6.07 Å². The van der Waals surface area contributed by atoms with Gasteiger partial charge in [-0.3, -0.25) is 4.98 Å². The first-order chi connectivity index (χ1) is 7.18. The minimum atomic E-state index is -0.207. The summed E-state index contributed by atoms with van der Waals surface area (Å²) in [6, 6.07) is 6.64. The Kier molecular flexibility index (Phi) is 2.37. The molecule has 0 saturated heterocycles. The number of aryl methyl sites for hydroxylation is 1. The number of nitrogens with two attached hydrogens (primary N) is 1. The molecule has 0 aliphatic heterocycles. The molecule has 0 unspecified atom stereocenters. The fraction of sp³-hybridized carbons (Fsp3) is 0.0833. The van der Waals surface area contributed by atoms with E-state index in [2.05, 4.69) is 4.98 Å². The van der Waals surface area contributed by atoms with Gasteiger partial charge >= 0.3 is 0 Å². The van der Waals surface area contributed by atoms with E-state index < -0.39 is 0 Å². The monoisotopic (exact) mass is 202 g/mol. The van der Waals surface area contributed by atoms with Gasteiger partial charge in [-0.25, -0.2) is 4.39 Å². The molecule has 0 aliphatic rings. The van der Waals surface area contributed by atoms with Gasteiger partial charge in [-0.05, 0) is 36.2 Å². The van der Waals surface area contributed by atoms with Crippen molar-refractivity contribution in [3.8, 4) is 11.1 Å². The highest BCUT2D eigenvalue weighted by atomic mass is 19.1. The number of hydrogen-bond acceptors (Lipinski definition) is 2. The van der Waals surface area contributed by atoms with Gasteiger partial charge in [0.1, 0.15) is 5.82 Å². The van der Waals surface area contributed by atoms with E-state index in [4.69, 9.17) is 5.73 Å². The van der Waals surface area contributed by atoms with Crippen LogP contribution in [-0.4, -0.2) is 4.98 Å². The van der Waals surface area contributed by atoms with E-state index in [0.29, 0.717) is 11.3 Å². The second-order valence-corrected chi connectivity index (χ2v) is 3.43. The predicted octanol–water partition coefficient (Wildman–Crippen LogP) is 2.78. The molecule has 2 aromatic rings. The van der Waals surface area contributed by atoms with Crippen molar-refractivity contribution < 1.29 is 4.39 Å². The third kappa shape index (κ3) is 1.81. The molecule has 0 atom stereocenters. The van der Waals surface area contributed by atoms with E-state index in [1.807, 2.05) is 0 Å². The molecule has 0 amide bonds. The lowest BCUT2D eigenvalue weighted by atomic mass is 10.0. The van der Waals surface area contributed by atoms with Crippen LogP contribution >= 0.6 is 0 Å². The quantitative estimate of drug-likeness (QED) is 0.772. The van der Waals surface area contributed by atoms with Crippen molar-refractivity contribution in [3.63, 3.8) is 0 Å². The summed E-state index contributed by atoms with van der Waals surface area (Å²) in [7, 11) is 0. The summed E-state index contributed by atoms with van der Waals surface area (Å²) in [4.78, 5) is 4.00. The molecule has 0 spiro atoms. The maximum absolute atomic E-state index is 13.1. The minimum absolute atomic E-state index is 0.207. The first-order valence-electron chi connectivity index (χ1n) is 4.64. The number of nitrogens with zero attached hydrogens (tertiary/aromatic N) is 1. The van der Waals surface area contributed by atoms with Crippen LogP contribution in [0.2, 0.25) is 0 Å². The molecule has 0 radical (unpaired) electrons. The van der Waals surface area contributed by atoms with Gasteiger partial charge in [0.15, 0.2) is 0 Å². The molecular weight excluding hydrogens is 191 g/mol. The van der Waals surface area contributed by atoms with Crippen LogP contribution in [-0.2, 0) is 0 Å². The Balaban J connectivity index is 2.55. The van der Waals surface area contributed by atoms with Gasteiger partial charge < -0.3 is 5.73 Å². The van der Waals surface area contributed by atoms with Crippen molar-refractivity contribution >= 4 is 5.69 Å². The van der Waals surface area contributed by atoms with Crippen LogP contribution in [0.5, 0.6) is 0 Å². The smallest absolute Gasteiger partial charge is 0.126 e. The number of rotatable bonds is 1. The van der Waals surface area contributed by atoms with Gasteiger partial charge in [0.25, 0.3) is 0 Å². The average Bonchev–Trinajstić information content (AvgIpc) is 2.23. The molecule has 2 nitrogen and oxygen atoms in total. The number of halogens is 1.